The van der Waals surface area contributed by atoms with Gasteiger partial charge in [-0.15, -0.1) is 0 Å². The van der Waals surface area contributed by atoms with Gasteiger partial charge >= 0.3 is 5.97 Å². The molecule has 1 amide bonds. The Bertz CT molecular complexity index is 814. The second-order valence-corrected chi connectivity index (χ2v) is 6.50. The van der Waals surface area contributed by atoms with Crippen molar-refractivity contribution in [2.45, 2.75) is 6.92 Å². The highest BCUT2D eigenvalue weighted by molar-refractivity contribution is 9.11. The van der Waals surface area contributed by atoms with Crippen LogP contribution in [0.25, 0.3) is 0 Å². The zero-order valence-electron chi connectivity index (χ0n) is 12.9. The van der Waals surface area contributed by atoms with E-state index in [9.17, 15) is 19.7 Å². The van der Waals surface area contributed by atoms with Gasteiger partial charge < -0.3 is 10.1 Å². The molecule has 25 heavy (non-hydrogen) atoms. The highest BCUT2D eigenvalue weighted by atomic mass is 79.9. The van der Waals surface area contributed by atoms with Crippen molar-refractivity contribution < 1.29 is 19.2 Å². The lowest BCUT2D eigenvalue weighted by molar-refractivity contribution is -0.384. The summed E-state index contributed by atoms with van der Waals surface area (Å²) in [5.41, 5.74) is 0.918. The number of hydrogen-bond donors (Lipinski definition) is 1. The molecule has 2 aromatic carbocycles. The van der Waals surface area contributed by atoms with Crippen molar-refractivity contribution in [3.63, 3.8) is 0 Å². The van der Waals surface area contributed by atoms with Gasteiger partial charge in [-0.3, -0.25) is 14.9 Å². The Kier molecular flexibility index (Phi) is 6.27. The van der Waals surface area contributed by atoms with E-state index >= 15 is 0 Å². The van der Waals surface area contributed by atoms with Crippen molar-refractivity contribution in [1.82, 2.24) is 0 Å². The maximum atomic E-state index is 12.3. The molecular weight excluding hydrogens is 460 g/mol. The monoisotopic (exact) mass is 470 g/mol. The van der Waals surface area contributed by atoms with Crippen LogP contribution in [0, 0.1) is 10.1 Å². The Morgan fingerprint density at radius 2 is 1.68 bits per heavy atom. The molecule has 2 aromatic rings. The Labute approximate surface area is 159 Å². The summed E-state index contributed by atoms with van der Waals surface area (Å²) in [5.74, 6) is -0.919. The highest BCUT2D eigenvalue weighted by Crippen LogP contribution is 2.33. The van der Waals surface area contributed by atoms with Crippen molar-refractivity contribution in [3.8, 4) is 0 Å². The van der Waals surface area contributed by atoms with Gasteiger partial charge in [-0.05, 0) is 63.0 Å². The number of nitro groups is 1. The number of anilines is 1. The first-order valence-corrected chi connectivity index (χ1v) is 8.64. The lowest BCUT2D eigenvalue weighted by Gasteiger charge is -2.12. The number of amides is 1. The van der Waals surface area contributed by atoms with Crippen LogP contribution in [0.15, 0.2) is 45.3 Å². The third kappa shape index (κ3) is 4.64. The van der Waals surface area contributed by atoms with Gasteiger partial charge in [0.05, 0.1) is 22.8 Å². The molecule has 0 aliphatic rings. The zero-order chi connectivity index (χ0) is 18.6. The summed E-state index contributed by atoms with van der Waals surface area (Å²) in [6.07, 6.45) is 0. The lowest BCUT2D eigenvalue weighted by atomic mass is 10.1. The zero-order valence-corrected chi connectivity index (χ0v) is 16.1. The van der Waals surface area contributed by atoms with Crippen LogP contribution in [0.1, 0.15) is 27.6 Å². The van der Waals surface area contributed by atoms with Gasteiger partial charge in [0.25, 0.3) is 11.6 Å². The van der Waals surface area contributed by atoms with Crippen molar-refractivity contribution in [3.05, 3.63) is 66.6 Å². The van der Waals surface area contributed by atoms with Crippen LogP contribution in [0.2, 0.25) is 0 Å². The maximum Gasteiger partial charge on any atom is 0.338 e. The fourth-order valence-corrected chi connectivity index (χ4v) is 3.33. The maximum absolute atomic E-state index is 12.3. The first-order valence-electron chi connectivity index (χ1n) is 7.05. The smallest absolute Gasteiger partial charge is 0.338 e. The number of rotatable bonds is 5. The summed E-state index contributed by atoms with van der Waals surface area (Å²) < 4.78 is 5.91. The predicted octanol–water partition coefficient (Wildman–Crippen LogP) is 4.55. The molecule has 0 saturated carbocycles. The van der Waals surface area contributed by atoms with Crippen LogP contribution in [0.5, 0.6) is 0 Å². The van der Waals surface area contributed by atoms with Crippen LogP contribution in [0.4, 0.5) is 11.4 Å². The molecule has 0 fully saturated rings. The minimum Gasteiger partial charge on any atom is -0.462 e. The first kappa shape index (κ1) is 19.1. The van der Waals surface area contributed by atoms with E-state index in [-0.39, 0.29) is 17.9 Å². The molecule has 0 spiro atoms. The Hall–Kier alpha value is -2.26. The highest BCUT2D eigenvalue weighted by Gasteiger charge is 2.16. The van der Waals surface area contributed by atoms with Gasteiger partial charge in [-0.25, -0.2) is 4.79 Å². The molecule has 1 N–H and O–H groups in total. The van der Waals surface area contributed by atoms with E-state index in [4.69, 9.17) is 4.74 Å². The molecule has 0 aliphatic heterocycles. The average molecular weight is 472 g/mol. The molecule has 0 atom stereocenters. The Morgan fingerprint density at radius 3 is 2.16 bits per heavy atom. The molecule has 0 unspecified atom stereocenters. The van der Waals surface area contributed by atoms with Gasteiger partial charge in [0.1, 0.15) is 0 Å². The van der Waals surface area contributed by atoms with E-state index in [1.165, 1.54) is 36.4 Å². The summed E-state index contributed by atoms with van der Waals surface area (Å²) in [6, 6.07) is 8.30. The number of nitro benzene ring substituents is 1. The molecule has 7 nitrogen and oxygen atoms in total. The summed E-state index contributed by atoms with van der Waals surface area (Å²) in [6.45, 7) is 1.97. The average Bonchev–Trinajstić information content (AvgIpc) is 2.58. The van der Waals surface area contributed by atoms with Crippen molar-refractivity contribution in [2.24, 2.45) is 0 Å². The minimum atomic E-state index is -0.539. The molecular formula is C16H12Br2N2O5. The third-order valence-corrected chi connectivity index (χ3v) is 4.38. The van der Waals surface area contributed by atoms with Crippen LogP contribution >= 0.6 is 31.9 Å². The topological polar surface area (TPSA) is 98.5 Å². The van der Waals surface area contributed by atoms with E-state index in [0.29, 0.717) is 20.2 Å². The van der Waals surface area contributed by atoms with Crippen LogP contribution < -0.4 is 5.32 Å². The van der Waals surface area contributed by atoms with E-state index < -0.39 is 16.8 Å². The van der Waals surface area contributed by atoms with E-state index in [1.807, 2.05) is 0 Å². The number of nitrogens with zero attached hydrogens (tertiary/aromatic N) is 1. The standard InChI is InChI=1S/C16H12Br2N2O5/c1-2-25-16(22)10-7-12(17)14(13(18)8-10)19-15(21)9-3-5-11(6-4-9)20(23)24/h3-8H,2H2,1H3,(H,19,21). The Morgan fingerprint density at radius 1 is 1.12 bits per heavy atom. The van der Waals surface area contributed by atoms with Crippen LogP contribution in [-0.2, 0) is 4.74 Å². The summed E-state index contributed by atoms with van der Waals surface area (Å²) in [4.78, 5) is 34.2. The number of benzene rings is 2. The molecule has 0 heterocycles. The number of nitrogens with one attached hydrogen (secondary N) is 1. The van der Waals surface area contributed by atoms with E-state index in [0.717, 1.165) is 0 Å². The second kappa shape index (κ2) is 8.21. The van der Waals surface area contributed by atoms with E-state index in [1.54, 1.807) is 6.92 Å². The summed E-state index contributed by atoms with van der Waals surface area (Å²) in [5, 5.41) is 13.3. The molecule has 0 aliphatic carbocycles. The number of esters is 1. The number of ether oxygens (including phenoxy) is 1. The van der Waals surface area contributed by atoms with Gasteiger partial charge in [0.2, 0.25) is 0 Å². The number of halogens is 2. The number of non-ortho nitro benzene ring substituents is 1. The fraction of sp³-hybridized carbons (Fsp3) is 0.125. The number of hydrogen-bond acceptors (Lipinski definition) is 5. The normalized spacial score (nSPS) is 10.2. The second-order valence-electron chi connectivity index (χ2n) is 4.79. The van der Waals surface area contributed by atoms with Crippen LogP contribution in [-0.4, -0.2) is 23.4 Å². The fourth-order valence-electron chi connectivity index (χ4n) is 1.95. The molecule has 0 aromatic heterocycles. The summed E-state index contributed by atoms with van der Waals surface area (Å²) >= 11 is 6.61. The van der Waals surface area contributed by atoms with Crippen molar-refractivity contribution >= 4 is 55.1 Å². The van der Waals surface area contributed by atoms with Gasteiger partial charge in [-0.1, -0.05) is 0 Å². The number of carbonyl (C=O) groups is 2. The predicted molar refractivity (Wildman–Crippen MR) is 98.8 cm³/mol. The van der Waals surface area contributed by atoms with E-state index in [2.05, 4.69) is 37.2 Å². The molecule has 130 valence electrons. The van der Waals surface area contributed by atoms with Gasteiger partial charge in [0, 0.05) is 26.6 Å². The molecule has 2 rings (SSSR count). The largest absolute Gasteiger partial charge is 0.462 e. The molecule has 0 radical (unpaired) electrons. The molecule has 9 heteroatoms. The lowest BCUT2D eigenvalue weighted by Crippen LogP contribution is -2.13. The molecule has 0 saturated heterocycles. The quantitative estimate of drug-likeness (QED) is 0.391. The summed E-state index contributed by atoms with van der Waals surface area (Å²) in [7, 11) is 0. The first-order chi connectivity index (χ1) is 11.8. The third-order valence-electron chi connectivity index (χ3n) is 3.13. The SMILES string of the molecule is CCOC(=O)c1cc(Br)c(NC(=O)c2ccc([N+](=O)[O-])cc2)c(Br)c1. The van der Waals surface area contributed by atoms with Gasteiger partial charge in [0.15, 0.2) is 0 Å². The van der Waals surface area contributed by atoms with Crippen LogP contribution in [0.3, 0.4) is 0 Å². The van der Waals surface area contributed by atoms with Gasteiger partial charge in [-0.2, -0.15) is 0 Å². The Balaban J connectivity index is 2.23. The minimum absolute atomic E-state index is 0.0994. The van der Waals surface area contributed by atoms with Crippen molar-refractivity contribution in [2.75, 3.05) is 11.9 Å². The number of carbonyl (C=O) groups excluding carboxylic acids is 2. The molecule has 0 bridgehead atoms. The van der Waals surface area contributed by atoms with Crippen molar-refractivity contribution in [1.29, 1.82) is 0 Å².